The van der Waals surface area contributed by atoms with Crippen LogP contribution in [0, 0.1) is 0 Å². The van der Waals surface area contributed by atoms with Crippen molar-refractivity contribution in [3.8, 4) is 0 Å². The Bertz CT molecular complexity index is 452. The van der Waals surface area contributed by atoms with Crippen LogP contribution in [0.3, 0.4) is 0 Å². The summed E-state index contributed by atoms with van der Waals surface area (Å²) in [4.78, 5) is 12.1. The fourth-order valence-corrected chi connectivity index (χ4v) is 3.21. The third kappa shape index (κ3) is 2.89. The molecular weight excluding hydrogens is 248 g/mol. The largest absolute Gasteiger partial charge is 0.370 e. The van der Waals surface area contributed by atoms with Crippen molar-refractivity contribution in [2.24, 2.45) is 0 Å². The first-order valence-electron chi connectivity index (χ1n) is 8.27. The highest BCUT2D eigenvalue weighted by atomic mass is 15.3. The lowest BCUT2D eigenvalue weighted by Crippen LogP contribution is -2.22. The van der Waals surface area contributed by atoms with Crippen LogP contribution in [-0.2, 0) is 12.8 Å². The minimum Gasteiger partial charge on any atom is -0.370 e. The summed E-state index contributed by atoms with van der Waals surface area (Å²) in [5, 5.41) is 3.54. The van der Waals surface area contributed by atoms with Crippen molar-refractivity contribution in [2.75, 3.05) is 29.9 Å². The van der Waals surface area contributed by atoms with Gasteiger partial charge in [0.05, 0.1) is 5.69 Å². The van der Waals surface area contributed by atoms with E-state index in [2.05, 4.69) is 17.1 Å². The van der Waals surface area contributed by atoms with Crippen molar-refractivity contribution in [2.45, 2.75) is 58.3 Å². The van der Waals surface area contributed by atoms with Crippen LogP contribution >= 0.6 is 0 Å². The van der Waals surface area contributed by atoms with Gasteiger partial charge in [-0.2, -0.15) is 4.98 Å². The summed E-state index contributed by atoms with van der Waals surface area (Å²) in [7, 11) is 0. The van der Waals surface area contributed by atoms with Crippen molar-refractivity contribution in [1.29, 1.82) is 0 Å². The number of fused-ring (bicyclic) bond motifs is 1. The lowest BCUT2D eigenvalue weighted by molar-refractivity contribution is 0.708. The fraction of sp³-hybridized carbons (Fsp3) is 0.750. The minimum atomic E-state index is 0.960. The Balaban J connectivity index is 1.93. The molecule has 1 aliphatic heterocycles. The van der Waals surface area contributed by atoms with Gasteiger partial charge in [-0.1, -0.05) is 13.3 Å². The molecule has 0 atom stereocenters. The molecule has 1 aromatic heterocycles. The lowest BCUT2D eigenvalue weighted by Gasteiger charge is -2.20. The highest BCUT2D eigenvalue weighted by Crippen LogP contribution is 2.28. The average molecular weight is 274 g/mol. The second-order valence-electron chi connectivity index (χ2n) is 5.98. The maximum Gasteiger partial charge on any atom is 0.227 e. The Morgan fingerprint density at radius 2 is 1.80 bits per heavy atom. The number of aryl methyl sites for hydroxylation is 1. The molecule has 0 radical (unpaired) electrons. The molecule has 4 nitrogen and oxygen atoms in total. The van der Waals surface area contributed by atoms with Crippen LogP contribution in [0.2, 0.25) is 0 Å². The van der Waals surface area contributed by atoms with Crippen molar-refractivity contribution < 1.29 is 0 Å². The van der Waals surface area contributed by atoms with Gasteiger partial charge in [-0.3, -0.25) is 0 Å². The molecule has 0 aromatic carbocycles. The van der Waals surface area contributed by atoms with Crippen LogP contribution in [0.4, 0.5) is 11.8 Å². The zero-order valence-corrected chi connectivity index (χ0v) is 12.6. The molecule has 4 heteroatoms. The Hall–Kier alpha value is -1.32. The molecule has 20 heavy (non-hydrogen) atoms. The van der Waals surface area contributed by atoms with Gasteiger partial charge in [-0.05, 0) is 44.9 Å². The van der Waals surface area contributed by atoms with E-state index in [9.17, 15) is 0 Å². The van der Waals surface area contributed by atoms with Gasteiger partial charge >= 0.3 is 0 Å². The van der Waals surface area contributed by atoms with Gasteiger partial charge in [0.15, 0.2) is 0 Å². The molecule has 110 valence electrons. The van der Waals surface area contributed by atoms with E-state index >= 15 is 0 Å². The van der Waals surface area contributed by atoms with E-state index in [1.54, 1.807) is 0 Å². The fourth-order valence-electron chi connectivity index (χ4n) is 3.21. The van der Waals surface area contributed by atoms with Gasteiger partial charge in [0.2, 0.25) is 5.95 Å². The molecule has 3 rings (SSSR count). The second-order valence-corrected chi connectivity index (χ2v) is 5.98. The van der Waals surface area contributed by atoms with Gasteiger partial charge in [0.1, 0.15) is 5.82 Å². The third-order valence-electron chi connectivity index (χ3n) is 4.35. The van der Waals surface area contributed by atoms with Crippen LogP contribution in [-0.4, -0.2) is 29.6 Å². The first kappa shape index (κ1) is 13.7. The summed E-state index contributed by atoms with van der Waals surface area (Å²) >= 11 is 0. The van der Waals surface area contributed by atoms with Crippen LogP contribution in [0.25, 0.3) is 0 Å². The molecule has 2 aliphatic rings. The molecule has 1 aromatic rings. The number of hydrogen-bond donors (Lipinski definition) is 1. The van der Waals surface area contributed by atoms with E-state index < -0.39 is 0 Å². The van der Waals surface area contributed by atoms with Crippen LogP contribution < -0.4 is 10.2 Å². The quantitative estimate of drug-likeness (QED) is 0.856. The van der Waals surface area contributed by atoms with E-state index in [4.69, 9.17) is 9.97 Å². The third-order valence-corrected chi connectivity index (χ3v) is 4.35. The molecule has 0 bridgehead atoms. The first-order chi connectivity index (χ1) is 9.88. The molecule has 1 saturated heterocycles. The molecule has 1 fully saturated rings. The molecule has 0 amide bonds. The van der Waals surface area contributed by atoms with Crippen molar-refractivity contribution in [3.05, 3.63) is 11.3 Å². The molecule has 2 heterocycles. The molecule has 0 spiro atoms. The van der Waals surface area contributed by atoms with E-state index in [0.29, 0.717) is 0 Å². The van der Waals surface area contributed by atoms with Crippen molar-refractivity contribution in [1.82, 2.24) is 9.97 Å². The maximum absolute atomic E-state index is 4.90. The molecule has 0 unspecified atom stereocenters. The predicted molar refractivity (Wildman–Crippen MR) is 83.5 cm³/mol. The van der Waals surface area contributed by atoms with E-state index in [1.165, 1.54) is 43.4 Å². The Labute approximate surface area is 122 Å². The van der Waals surface area contributed by atoms with E-state index in [-0.39, 0.29) is 0 Å². The highest BCUT2D eigenvalue weighted by Gasteiger charge is 2.21. The van der Waals surface area contributed by atoms with Gasteiger partial charge in [-0.15, -0.1) is 0 Å². The topological polar surface area (TPSA) is 41.1 Å². The number of nitrogens with zero attached hydrogens (tertiary/aromatic N) is 3. The SMILES string of the molecule is CCCNc1nc(N2CCCC2)nc2c1CCCCC2. The minimum absolute atomic E-state index is 0.960. The summed E-state index contributed by atoms with van der Waals surface area (Å²) in [6.45, 7) is 5.44. The molecule has 1 aliphatic carbocycles. The van der Waals surface area contributed by atoms with Gasteiger partial charge in [0.25, 0.3) is 0 Å². The smallest absolute Gasteiger partial charge is 0.227 e. The number of hydrogen-bond acceptors (Lipinski definition) is 4. The normalized spacial score (nSPS) is 18.8. The Kier molecular flexibility index (Phi) is 4.38. The van der Waals surface area contributed by atoms with Gasteiger partial charge in [-0.25, -0.2) is 4.98 Å². The average Bonchev–Trinajstić information content (AvgIpc) is 2.90. The van der Waals surface area contributed by atoms with Gasteiger partial charge < -0.3 is 10.2 Å². The first-order valence-corrected chi connectivity index (χ1v) is 8.27. The number of anilines is 2. The highest BCUT2D eigenvalue weighted by molar-refractivity contribution is 5.52. The second kappa shape index (κ2) is 6.42. The number of rotatable bonds is 4. The summed E-state index contributed by atoms with van der Waals surface area (Å²) < 4.78 is 0. The van der Waals surface area contributed by atoms with E-state index in [0.717, 1.165) is 50.7 Å². The number of nitrogens with one attached hydrogen (secondary N) is 1. The Morgan fingerprint density at radius 3 is 2.60 bits per heavy atom. The van der Waals surface area contributed by atoms with Crippen LogP contribution in [0.1, 0.15) is 56.7 Å². The molecular formula is C16H26N4. The predicted octanol–water partition coefficient (Wildman–Crippen LogP) is 3.17. The zero-order valence-electron chi connectivity index (χ0n) is 12.6. The lowest BCUT2D eigenvalue weighted by atomic mass is 10.1. The van der Waals surface area contributed by atoms with Crippen LogP contribution in [0.5, 0.6) is 0 Å². The maximum atomic E-state index is 4.90. The summed E-state index contributed by atoms with van der Waals surface area (Å²) in [6.07, 6.45) is 9.83. The summed E-state index contributed by atoms with van der Waals surface area (Å²) in [5.74, 6) is 2.07. The standard InChI is InChI=1S/C16H26N4/c1-2-10-17-15-13-8-4-3-5-9-14(13)18-16(19-15)20-11-6-7-12-20/h2-12H2,1H3,(H,17,18,19). The van der Waals surface area contributed by atoms with Crippen LogP contribution in [0.15, 0.2) is 0 Å². The van der Waals surface area contributed by atoms with E-state index in [1.807, 2.05) is 0 Å². The van der Waals surface area contributed by atoms with Crippen molar-refractivity contribution >= 4 is 11.8 Å². The summed E-state index contributed by atoms with van der Waals surface area (Å²) in [5.41, 5.74) is 2.69. The summed E-state index contributed by atoms with van der Waals surface area (Å²) in [6, 6.07) is 0. The number of aromatic nitrogens is 2. The van der Waals surface area contributed by atoms with Crippen molar-refractivity contribution in [3.63, 3.8) is 0 Å². The Morgan fingerprint density at radius 1 is 1.00 bits per heavy atom. The molecule has 0 saturated carbocycles. The van der Waals surface area contributed by atoms with Gasteiger partial charge in [0, 0.05) is 25.2 Å². The molecule has 1 N–H and O–H groups in total. The monoisotopic (exact) mass is 274 g/mol. The zero-order chi connectivity index (χ0) is 13.8.